The average Bonchev–Trinajstić information content (AvgIpc) is 2.54. The van der Waals surface area contributed by atoms with E-state index in [9.17, 15) is 4.79 Å². The molecule has 0 bridgehead atoms. The SMILES string of the molecule is CC(C(N)=O)n1c(=S)[nH]c2cccc(Cl)c21. The van der Waals surface area contributed by atoms with Crippen molar-refractivity contribution < 1.29 is 4.79 Å². The summed E-state index contributed by atoms with van der Waals surface area (Å²) in [4.78, 5) is 14.2. The summed E-state index contributed by atoms with van der Waals surface area (Å²) in [6, 6.07) is 4.88. The molecule has 0 fully saturated rings. The number of benzene rings is 1. The predicted octanol–water partition coefficient (Wildman–Crippen LogP) is 2.40. The van der Waals surface area contributed by atoms with E-state index in [1.165, 1.54) is 0 Å². The summed E-state index contributed by atoms with van der Waals surface area (Å²) in [5.41, 5.74) is 6.78. The Labute approximate surface area is 102 Å². The molecule has 0 aliphatic carbocycles. The number of aromatic amines is 1. The molecule has 1 aromatic heterocycles. The van der Waals surface area contributed by atoms with Gasteiger partial charge in [0.05, 0.1) is 16.1 Å². The number of primary amides is 1. The number of rotatable bonds is 2. The van der Waals surface area contributed by atoms with E-state index in [-0.39, 0.29) is 0 Å². The molecule has 6 heteroatoms. The molecule has 4 nitrogen and oxygen atoms in total. The first-order valence-corrected chi connectivity index (χ1v) is 5.49. The van der Waals surface area contributed by atoms with E-state index in [0.717, 1.165) is 5.52 Å². The summed E-state index contributed by atoms with van der Waals surface area (Å²) in [7, 11) is 0. The second-order valence-electron chi connectivity index (χ2n) is 3.51. The normalized spacial score (nSPS) is 12.9. The molecule has 1 heterocycles. The van der Waals surface area contributed by atoms with Gasteiger partial charge in [0.1, 0.15) is 6.04 Å². The van der Waals surface area contributed by atoms with E-state index in [0.29, 0.717) is 15.3 Å². The molecule has 2 rings (SSSR count). The van der Waals surface area contributed by atoms with Gasteiger partial charge in [0, 0.05) is 0 Å². The minimum atomic E-state index is -0.527. The number of halogens is 1. The van der Waals surface area contributed by atoms with Gasteiger partial charge in [-0.15, -0.1) is 0 Å². The minimum Gasteiger partial charge on any atom is -0.368 e. The van der Waals surface area contributed by atoms with Crippen molar-refractivity contribution in [2.24, 2.45) is 5.73 Å². The quantitative estimate of drug-likeness (QED) is 0.810. The molecular formula is C10H10ClN3OS. The van der Waals surface area contributed by atoms with Crippen LogP contribution in [0.5, 0.6) is 0 Å². The summed E-state index contributed by atoms with van der Waals surface area (Å²) in [6.45, 7) is 1.69. The van der Waals surface area contributed by atoms with Gasteiger partial charge in [-0.2, -0.15) is 0 Å². The molecule has 1 amide bonds. The summed E-state index contributed by atoms with van der Waals surface area (Å²) in [5, 5.41) is 0.540. The van der Waals surface area contributed by atoms with Gasteiger partial charge in [-0.1, -0.05) is 17.7 Å². The van der Waals surface area contributed by atoms with Gasteiger partial charge in [0.15, 0.2) is 4.77 Å². The number of amides is 1. The van der Waals surface area contributed by atoms with Crippen molar-refractivity contribution in [3.05, 3.63) is 28.0 Å². The maximum absolute atomic E-state index is 11.2. The molecule has 0 spiro atoms. The third kappa shape index (κ3) is 1.62. The van der Waals surface area contributed by atoms with Crippen LogP contribution in [0.1, 0.15) is 13.0 Å². The second-order valence-corrected chi connectivity index (χ2v) is 4.31. The fourth-order valence-corrected chi connectivity index (χ4v) is 2.26. The van der Waals surface area contributed by atoms with E-state index < -0.39 is 11.9 Å². The fraction of sp³-hybridized carbons (Fsp3) is 0.200. The summed E-state index contributed by atoms with van der Waals surface area (Å²) in [5.74, 6) is -0.447. The Bertz CT molecular complexity index is 616. The highest BCUT2D eigenvalue weighted by atomic mass is 35.5. The van der Waals surface area contributed by atoms with Crippen molar-refractivity contribution in [3.8, 4) is 0 Å². The van der Waals surface area contributed by atoms with Crippen molar-refractivity contribution >= 4 is 40.8 Å². The van der Waals surface area contributed by atoms with E-state index in [1.807, 2.05) is 12.1 Å². The number of carbonyl (C=O) groups excluding carboxylic acids is 1. The number of carbonyl (C=O) groups is 1. The van der Waals surface area contributed by atoms with Gasteiger partial charge in [0.25, 0.3) is 0 Å². The van der Waals surface area contributed by atoms with Crippen LogP contribution in [0.3, 0.4) is 0 Å². The average molecular weight is 256 g/mol. The molecule has 1 atom stereocenters. The first-order valence-electron chi connectivity index (χ1n) is 4.70. The molecule has 1 unspecified atom stereocenters. The van der Waals surface area contributed by atoms with Crippen LogP contribution in [0.4, 0.5) is 0 Å². The zero-order valence-corrected chi connectivity index (χ0v) is 10.1. The highest BCUT2D eigenvalue weighted by molar-refractivity contribution is 7.71. The Kier molecular flexibility index (Phi) is 2.73. The zero-order chi connectivity index (χ0) is 11.9. The lowest BCUT2D eigenvalue weighted by Crippen LogP contribution is -2.24. The summed E-state index contributed by atoms with van der Waals surface area (Å²) in [6.07, 6.45) is 0. The third-order valence-electron chi connectivity index (χ3n) is 2.49. The van der Waals surface area contributed by atoms with Crippen LogP contribution in [0, 0.1) is 4.77 Å². The molecule has 0 radical (unpaired) electrons. The monoisotopic (exact) mass is 255 g/mol. The number of hydrogen-bond donors (Lipinski definition) is 2. The van der Waals surface area contributed by atoms with Gasteiger partial charge >= 0.3 is 0 Å². The van der Waals surface area contributed by atoms with Crippen LogP contribution in [-0.2, 0) is 4.79 Å². The second kappa shape index (κ2) is 3.92. The first-order chi connectivity index (χ1) is 7.52. The lowest BCUT2D eigenvalue weighted by molar-refractivity contribution is -0.120. The molecule has 0 aliphatic heterocycles. The van der Waals surface area contributed by atoms with Crippen LogP contribution in [0.25, 0.3) is 11.0 Å². The molecule has 3 N–H and O–H groups in total. The molecule has 16 heavy (non-hydrogen) atoms. The Morgan fingerprint density at radius 3 is 2.94 bits per heavy atom. The van der Waals surface area contributed by atoms with Gasteiger partial charge < -0.3 is 15.3 Å². The molecule has 0 saturated carbocycles. The number of fused-ring (bicyclic) bond motifs is 1. The van der Waals surface area contributed by atoms with Gasteiger partial charge in [-0.05, 0) is 31.3 Å². The topological polar surface area (TPSA) is 63.8 Å². The maximum Gasteiger partial charge on any atom is 0.240 e. The Morgan fingerprint density at radius 1 is 1.62 bits per heavy atom. The summed E-state index contributed by atoms with van der Waals surface area (Å²) >= 11 is 11.2. The van der Waals surface area contributed by atoms with E-state index >= 15 is 0 Å². The Hall–Kier alpha value is -1.33. The van der Waals surface area contributed by atoms with E-state index in [4.69, 9.17) is 29.6 Å². The standard InChI is InChI=1S/C10H10ClN3OS/c1-5(9(12)15)14-8-6(11)3-2-4-7(8)13-10(14)16/h2-5H,1H3,(H2,12,15)(H,13,16). The number of nitrogens with two attached hydrogens (primary N) is 1. The lowest BCUT2D eigenvalue weighted by Gasteiger charge is -2.10. The number of hydrogen-bond acceptors (Lipinski definition) is 2. The van der Waals surface area contributed by atoms with E-state index in [2.05, 4.69) is 4.98 Å². The van der Waals surface area contributed by atoms with Crippen molar-refractivity contribution in [2.75, 3.05) is 0 Å². The molecule has 0 saturated heterocycles. The summed E-state index contributed by atoms with van der Waals surface area (Å²) < 4.78 is 2.07. The van der Waals surface area contributed by atoms with Crippen molar-refractivity contribution in [2.45, 2.75) is 13.0 Å². The third-order valence-corrected chi connectivity index (χ3v) is 3.09. The highest BCUT2D eigenvalue weighted by Crippen LogP contribution is 2.26. The minimum absolute atomic E-state index is 0.439. The van der Waals surface area contributed by atoms with Crippen LogP contribution in [-0.4, -0.2) is 15.5 Å². The molecular weight excluding hydrogens is 246 g/mol. The van der Waals surface area contributed by atoms with Crippen LogP contribution < -0.4 is 5.73 Å². The Balaban J connectivity index is 2.83. The number of nitrogens with zero attached hydrogens (tertiary/aromatic N) is 1. The number of H-pyrrole nitrogens is 1. The smallest absolute Gasteiger partial charge is 0.240 e. The van der Waals surface area contributed by atoms with E-state index in [1.54, 1.807) is 17.6 Å². The van der Waals surface area contributed by atoms with Crippen molar-refractivity contribution in [1.82, 2.24) is 9.55 Å². The molecule has 84 valence electrons. The van der Waals surface area contributed by atoms with Crippen LogP contribution >= 0.6 is 23.8 Å². The largest absolute Gasteiger partial charge is 0.368 e. The number of nitrogens with one attached hydrogen (secondary N) is 1. The fourth-order valence-electron chi connectivity index (χ4n) is 1.63. The maximum atomic E-state index is 11.2. The van der Waals surface area contributed by atoms with Crippen LogP contribution in [0.15, 0.2) is 18.2 Å². The van der Waals surface area contributed by atoms with Crippen LogP contribution in [0.2, 0.25) is 5.02 Å². The zero-order valence-electron chi connectivity index (χ0n) is 8.53. The lowest BCUT2D eigenvalue weighted by atomic mass is 10.2. The van der Waals surface area contributed by atoms with Gasteiger partial charge in [-0.3, -0.25) is 4.79 Å². The van der Waals surface area contributed by atoms with Crippen molar-refractivity contribution in [3.63, 3.8) is 0 Å². The first kappa shape index (κ1) is 11.2. The number of imidazole rings is 1. The molecule has 0 aliphatic rings. The highest BCUT2D eigenvalue weighted by Gasteiger charge is 2.17. The number of para-hydroxylation sites is 1. The van der Waals surface area contributed by atoms with Crippen molar-refractivity contribution in [1.29, 1.82) is 0 Å². The molecule has 2 aromatic rings. The molecule has 1 aromatic carbocycles. The van der Waals surface area contributed by atoms with Gasteiger partial charge in [0.2, 0.25) is 5.91 Å². The number of aromatic nitrogens is 2. The predicted molar refractivity (Wildman–Crippen MR) is 66.0 cm³/mol. The Morgan fingerprint density at radius 2 is 2.31 bits per heavy atom. The van der Waals surface area contributed by atoms with Gasteiger partial charge in [-0.25, -0.2) is 0 Å².